The molecule has 4 rings (SSSR count). The van der Waals surface area contributed by atoms with E-state index >= 15 is 0 Å². The maximum atomic E-state index is 13.0. The molecule has 1 N–H and O–H groups in total. The molecule has 0 spiro atoms. The van der Waals surface area contributed by atoms with Gasteiger partial charge in [-0.3, -0.25) is 10.1 Å². The average Bonchev–Trinajstić information content (AvgIpc) is 3.27. The second kappa shape index (κ2) is 9.75. The zero-order valence-electron chi connectivity index (χ0n) is 19.1. The van der Waals surface area contributed by atoms with Crippen LogP contribution in [0.25, 0.3) is 11.3 Å². The molecule has 0 radical (unpaired) electrons. The number of hydrogen-bond donors (Lipinski definition) is 1. The molecule has 2 heterocycles. The number of nitrogens with zero attached hydrogens (tertiary/aromatic N) is 2. The second-order valence-electron chi connectivity index (χ2n) is 8.83. The Balaban J connectivity index is 1.44. The molecule has 0 unspecified atom stereocenters. The van der Waals surface area contributed by atoms with Gasteiger partial charge < -0.3 is 0 Å². The first-order chi connectivity index (χ1) is 15.8. The predicted octanol–water partition coefficient (Wildman–Crippen LogP) is 5.29. The molecular formula is C25H29N3O3S2. The fourth-order valence-corrected chi connectivity index (χ4v) is 6.67. The summed E-state index contributed by atoms with van der Waals surface area (Å²) in [6, 6.07) is 14.3. The summed E-state index contributed by atoms with van der Waals surface area (Å²) < 4.78 is 27.7. The van der Waals surface area contributed by atoms with Crippen molar-refractivity contribution in [3.05, 3.63) is 65.0 Å². The van der Waals surface area contributed by atoms with Crippen LogP contribution in [0, 0.1) is 11.8 Å². The first-order valence-corrected chi connectivity index (χ1v) is 13.5. The Morgan fingerprint density at radius 3 is 2.30 bits per heavy atom. The van der Waals surface area contributed by atoms with Gasteiger partial charge in [0.2, 0.25) is 10.0 Å². The standard InChI is InChI=1S/C25H29N3O3S2/c1-4-19-5-7-20(8-6-19)23-16-32-25(26-23)27-24(29)21-9-11-22(12-10-21)33(30,31)28-14-17(2)13-18(3)15-28/h5-12,16-18H,4,13-15H2,1-3H3,(H,26,27,29)/t17-,18-/m0/s1. The number of carbonyl (C=O) groups is 1. The molecule has 33 heavy (non-hydrogen) atoms. The number of piperidine rings is 1. The van der Waals surface area contributed by atoms with Crippen LogP contribution in [0.4, 0.5) is 5.13 Å². The van der Waals surface area contributed by atoms with Gasteiger partial charge in [-0.05, 0) is 54.5 Å². The molecule has 1 aliphatic rings. The molecule has 1 amide bonds. The molecule has 1 aromatic heterocycles. The van der Waals surface area contributed by atoms with Gasteiger partial charge in [-0.2, -0.15) is 4.31 Å². The Morgan fingerprint density at radius 1 is 1.06 bits per heavy atom. The summed E-state index contributed by atoms with van der Waals surface area (Å²) in [6.45, 7) is 7.33. The Morgan fingerprint density at radius 2 is 1.70 bits per heavy atom. The van der Waals surface area contributed by atoms with Crippen molar-refractivity contribution >= 4 is 32.4 Å². The number of aryl methyl sites for hydroxylation is 1. The average molecular weight is 484 g/mol. The zero-order chi connectivity index (χ0) is 23.6. The molecule has 1 fully saturated rings. The minimum Gasteiger partial charge on any atom is -0.298 e. The predicted molar refractivity (Wildman–Crippen MR) is 133 cm³/mol. The van der Waals surface area contributed by atoms with Crippen molar-refractivity contribution in [2.75, 3.05) is 18.4 Å². The number of nitrogens with one attached hydrogen (secondary N) is 1. The lowest BCUT2D eigenvalue weighted by molar-refractivity contribution is 0.102. The maximum absolute atomic E-state index is 13.0. The molecule has 6 nitrogen and oxygen atoms in total. The van der Waals surface area contributed by atoms with E-state index in [4.69, 9.17) is 0 Å². The van der Waals surface area contributed by atoms with Crippen LogP contribution in [0.3, 0.4) is 0 Å². The molecule has 3 aromatic rings. The molecular weight excluding hydrogens is 454 g/mol. The van der Waals surface area contributed by atoms with Crippen LogP contribution in [0.15, 0.2) is 58.8 Å². The van der Waals surface area contributed by atoms with Gasteiger partial charge >= 0.3 is 0 Å². The largest absolute Gasteiger partial charge is 0.298 e. The van der Waals surface area contributed by atoms with Crippen molar-refractivity contribution < 1.29 is 13.2 Å². The van der Waals surface area contributed by atoms with E-state index in [-0.39, 0.29) is 10.8 Å². The molecule has 0 bridgehead atoms. The molecule has 0 saturated carbocycles. The van der Waals surface area contributed by atoms with Crippen molar-refractivity contribution in [1.29, 1.82) is 0 Å². The number of hydrogen-bond acceptors (Lipinski definition) is 5. The Bertz CT molecular complexity index is 1210. The van der Waals surface area contributed by atoms with E-state index in [9.17, 15) is 13.2 Å². The first kappa shape index (κ1) is 23.6. The minimum absolute atomic E-state index is 0.215. The first-order valence-electron chi connectivity index (χ1n) is 11.2. The SMILES string of the molecule is CCc1ccc(-c2csc(NC(=O)c3ccc(S(=O)(=O)N4C[C@@H](C)C[C@H](C)C4)cc3)n2)cc1. The lowest BCUT2D eigenvalue weighted by Crippen LogP contribution is -2.42. The van der Waals surface area contributed by atoms with E-state index in [2.05, 4.69) is 43.2 Å². The molecule has 1 saturated heterocycles. The molecule has 2 aromatic carbocycles. The molecule has 2 atom stereocenters. The maximum Gasteiger partial charge on any atom is 0.257 e. The lowest BCUT2D eigenvalue weighted by Gasteiger charge is -2.34. The van der Waals surface area contributed by atoms with Gasteiger partial charge in [0.25, 0.3) is 5.91 Å². The highest BCUT2D eigenvalue weighted by Gasteiger charge is 2.31. The normalized spacial score (nSPS) is 19.4. The van der Waals surface area contributed by atoms with Gasteiger partial charge in [0, 0.05) is 29.6 Å². The van der Waals surface area contributed by atoms with E-state index in [0.29, 0.717) is 35.6 Å². The quantitative estimate of drug-likeness (QED) is 0.517. The zero-order valence-corrected chi connectivity index (χ0v) is 20.7. The van der Waals surface area contributed by atoms with Crippen molar-refractivity contribution in [1.82, 2.24) is 9.29 Å². The third-order valence-electron chi connectivity index (χ3n) is 5.97. The van der Waals surface area contributed by atoms with E-state index in [0.717, 1.165) is 24.1 Å². The summed E-state index contributed by atoms with van der Waals surface area (Å²) in [5.41, 5.74) is 3.46. The van der Waals surface area contributed by atoms with Crippen molar-refractivity contribution in [2.45, 2.75) is 38.5 Å². The highest BCUT2D eigenvalue weighted by molar-refractivity contribution is 7.89. The van der Waals surface area contributed by atoms with Crippen LogP contribution >= 0.6 is 11.3 Å². The number of sulfonamides is 1. The van der Waals surface area contributed by atoms with Crippen LogP contribution in [0.1, 0.15) is 43.1 Å². The summed E-state index contributed by atoms with van der Waals surface area (Å²) in [5, 5.41) is 5.22. The highest BCUT2D eigenvalue weighted by atomic mass is 32.2. The molecule has 8 heteroatoms. The summed E-state index contributed by atoms with van der Waals surface area (Å²) in [5.74, 6) is 0.351. The summed E-state index contributed by atoms with van der Waals surface area (Å²) in [7, 11) is -3.57. The number of amides is 1. The van der Waals surface area contributed by atoms with E-state index in [1.54, 1.807) is 16.4 Å². The second-order valence-corrected chi connectivity index (χ2v) is 11.6. The van der Waals surface area contributed by atoms with E-state index in [1.165, 1.54) is 29.0 Å². The molecule has 0 aliphatic carbocycles. The van der Waals surface area contributed by atoms with Gasteiger partial charge in [0.1, 0.15) is 0 Å². The third kappa shape index (κ3) is 5.34. The van der Waals surface area contributed by atoms with Crippen molar-refractivity contribution in [2.24, 2.45) is 11.8 Å². The van der Waals surface area contributed by atoms with Crippen molar-refractivity contribution in [3.8, 4) is 11.3 Å². The van der Waals surface area contributed by atoms with Crippen LogP contribution in [0.5, 0.6) is 0 Å². The Labute approximate surface area is 199 Å². The van der Waals surface area contributed by atoms with Crippen molar-refractivity contribution in [3.63, 3.8) is 0 Å². The van der Waals surface area contributed by atoms with Gasteiger partial charge in [0.05, 0.1) is 10.6 Å². The fourth-order valence-electron chi connectivity index (χ4n) is 4.27. The Kier molecular flexibility index (Phi) is 6.97. The smallest absolute Gasteiger partial charge is 0.257 e. The van der Waals surface area contributed by atoms with Gasteiger partial charge in [-0.25, -0.2) is 13.4 Å². The van der Waals surface area contributed by atoms with Gasteiger partial charge in [-0.15, -0.1) is 11.3 Å². The summed E-state index contributed by atoms with van der Waals surface area (Å²) in [6.07, 6.45) is 2.02. The van der Waals surface area contributed by atoms with E-state index < -0.39 is 10.0 Å². The van der Waals surface area contributed by atoms with Crippen LogP contribution in [0.2, 0.25) is 0 Å². The Hall–Kier alpha value is -2.55. The number of thiazole rings is 1. The highest BCUT2D eigenvalue weighted by Crippen LogP contribution is 2.28. The fraction of sp³-hybridized carbons (Fsp3) is 0.360. The number of anilines is 1. The summed E-state index contributed by atoms with van der Waals surface area (Å²) in [4.78, 5) is 17.4. The molecule has 174 valence electrons. The number of rotatable bonds is 6. The van der Waals surface area contributed by atoms with Crippen LogP contribution in [-0.2, 0) is 16.4 Å². The molecule has 1 aliphatic heterocycles. The minimum atomic E-state index is -3.57. The van der Waals surface area contributed by atoms with Crippen LogP contribution < -0.4 is 5.32 Å². The summed E-state index contributed by atoms with van der Waals surface area (Å²) >= 11 is 1.36. The topological polar surface area (TPSA) is 79.4 Å². The number of benzene rings is 2. The number of carbonyl (C=O) groups excluding carboxylic acids is 1. The lowest BCUT2D eigenvalue weighted by atomic mass is 9.94. The van der Waals surface area contributed by atoms with Crippen LogP contribution in [-0.4, -0.2) is 36.7 Å². The monoisotopic (exact) mass is 483 g/mol. The van der Waals surface area contributed by atoms with E-state index in [1.807, 2.05) is 17.5 Å². The van der Waals surface area contributed by atoms with Gasteiger partial charge in [0.15, 0.2) is 5.13 Å². The third-order valence-corrected chi connectivity index (χ3v) is 8.58. The number of aromatic nitrogens is 1. The van der Waals surface area contributed by atoms with Gasteiger partial charge in [-0.1, -0.05) is 45.0 Å².